The molecule has 4 heteroatoms. The van der Waals surface area contributed by atoms with Crippen LogP contribution in [0.2, 0.25) is 0 Å². The summed E-state index contributed by atoms with van der Waals surface area (Å²) in [5, 5.41) is 8.61. The van der Waals surface area contributed by atoms with Crippen LogP contribution >= 0.6 is 0 Å². The molecule has 0 aliphatic rings. The molecule has 0 heterocycles. The van der Waals surface area contributed by atoms with E-state index in [4.69, 9.17) is 15.6 Å². The summed E-state index contributed by atoms with van der Waals surface area (Å²) in [6.45, 7) is 7.35. The molecule has 0 aromatic heterocycles. The van der Waals surface area contributed by atoms with Crippen LogP contribution in [-0.4, -0.2) is 29.8 Å². The van der Waals surface area contributed by atoms with E-state index in [1.807, 2.05) is 27.7 Å². The fourth-order valence-electron chi connectivity index (χ4n) is 1.48. The summed E-state index contributed by atoms with van der Waals surface area (Å²) in [6, 6.07) is 0. The lowest BCUT2D eigenvalue weighted by Gasteiger charge is -2.39. The first-order chi connectivity index (χ1) is 6.79. The molecule has 0 aromatic rings. The van der Waals surface area contributed by atoms with Gasteiger partial charge in [0.15, 0.2) is 0 Å². The maximum atomic E-state index is 11.8. The Labute approximate surface area is 91.8 Å². The first-order valence-electron chi connectivity index (χ1n) is 5.36. The fraction of sp³-hybridized carbons (Fsp3) is 0.909. The van der Waals surface area contributed by atoms with Gasteiger partial charge in [-0.3, -0.25) is 4.79 Å². The summed E-state index contributed by atoms with van der Waals surface area (Å²) in [5.41, 5.74) is 4.68. The van der Waals surface area contributed by atoms with E-state index < -0.39 is 11.0 Å². The second-order valence-corrected chi connectivity index (χ2v) is 4.66. The zero-order chi connectivity index (χ0) is 12.1. The van der Waals surface area contributed by atoms with Crippen LogP contribution in [-0.2, 0) is 9.53 Å². The monoisotopic (exact) mass is 217 g/mol. The number of aliphatic hydroxyl groups excluding tert-OH is 1. The third-order valence-corrected chi connectivity index (χ3v) is 2.95. The summed E-state index contributed by atoms with van der Waals surface area (Å²) in [4.78, 5) is 11.8. The highest BCUT2D eigenvalue weighted by molar-refractivity contribution is 5.78. The molecule has 15 heavy (non-hydrogen) atoms. The first kappa shape index (κ1) is 14.4. The summed E-state index contributed by atoms with van der Waals surface area (Å²) in [6.07, 6.45) is 1.55. The standard InChI is InChI=1S/C11H23NO3/c1-5-6-11(4,10(2,3)12)9(14)15-8-7-13/h13H,5-8,12H2,1-4H3. The van der Waals surface area contributed by atoms with Gasteiger partial charge in [-0.25, -0.2) is 0 Å². The molecule has 0 rings (SSSR count). The van der Waals surface area contributed by atoms with Crippen molar-refractivity contribution in [3.63, 3.8) is 0 Å². The first-order valence-corrected chi connectivity index (χ1v) is 5.36. The van der Waals surface area contributed by atoms with Crippen molar-refractivity contribution in [2.75, 3.05) is 13.2 Å². The number of carbonyl (C=O) groups is 1. The van der Waals surface area contributed by atoms with Crippen LogP contribution in [0.1, 0.15) is 40.5 Å². The Hall–Kier alpha value is -0.610. The minimum Gasteiger partial charge on any atom is -0.463 e. The van der Waals surface area contributed by atoms with Crippen LogP contribution in [0, 0.1) is 5.41 Å². The lowest BCUT2D eigenvalue weighted by atomic mass is 9.70. The molecule has 0 fully saturated rings. The van der Waals surface area contributed by atoms with E-state index in [1.54, 1.807) is 0 Å². The van der Waals surface area contributed by atoms with E-state index in [1.165, 1.54) is 0 Å². The van der Waals surface area contributed by atoms with Gasteiger partial charge in [-0.1, -0.05) is 13.3 Å². The smallest absolute Gasteiger partial charge is 0.313 e. The molecule has 0 saturated heterocycles. The minimum atomic E-state index is -0.697. The Morgan fingerprint density at radius 1 is 1.40 bits per heavy atom. The Kier molecular flexibility index (Phi) is 5.24. The molecule has 90 valence electrons. The summed E-state index contributed by atoms with van der Waals surface area (Å²) < 4.78 is 4.97. The normalized spacial score (nSPS) is 15.9. The Balaban J connectivity index is 4.71. The molecule has 3 N–H and O–H groups in total. The number of esters is 1. The zero-order valence-corrected chi connectivity index (χ0v) is 10.2. The van der Waals surface area contributed by atoms with Gasteiger partial charge in [0.05, 0.1) is 12.0 Å². The second kappa shape index (κ2) is 5.47. The number of carbonyl (C=O) groups excluding carboxylic acids is 1. The number of rotatable bonds is 6. The second-order valence-electron chi connectivity index (χ2n) is 4.66. The predicted molar refractivity (Wildman–Crippen MR) is 59.3 cm³/mol. The highest BCUT2D eigenvalue weighted by Gasteiger charge is 2.45. The van der Waals surface area contributed by atoms with Crippen LogP contribution in [0.4, 0.5) is 0 Å². The zero-order valence-electron chi connectivity index (χ0n) is 10.2. The van der Waals surface area contributed by atoms with Gasteiger partial charge in [0.1, 0.15) is 6.61 Å². The molecular formula is C11H23NO3. The number of hydrogen-bond acceptors (Lipinski definition) is 4. The van der Waals surface area contributed by atoms with E-state index in [0.29, 0.717) is 6.42 Å². The molecule has 0 aliphatic carbocycles. The van der Waals surface area contributed by atoms with Gasteiger partial charge in [0.2, 0.25) is 0 Å². The van der Waals surface area contributed by atoms with Crippen molar-refractivity contribution in [3.8, 4) is 0 Å². The summed E-state index contributed by atoms with van der Waals surface area (Å²) >= 11 is 0. The molecule has 0 spiro atoms. The van der Waals surface area contributed by atoms with Crippen LogP contribution in [0.5, 0.6) is 0 Å². The molecule has 0 amide bonds. The molecule has 0 bridgehead atoms. The number of ether oxygens (including phenoxy) is 1. The largest absolute Gasteiger partial charge is 0.463 e. The van der Waals surface area contributed by atoms with E-state index in [9.17, 15) is 4.79 Å². The Morgan fingerprint density at radius 3 is 2.27 bits per heavy atom. The van der Waals surface area contributed by atoms with Crippen LogP contribution in [0.25, 0.3) is 0 Å². The van der Waals surface area contributed by atoms with E-state index in [0.717, 1.165) is 6.42 Å². The number of hydrogen-bond donors (Lipinski definition) is 2. The number of nitrogens with two attached hydrogens (primary N) is 1. The van der Waals surface area contributed by atoms with Crippen molar-refractivity contribution >= 4 is 5.97 Å². The van der Waals surface area contributed by atoms with Crippen molar-refractivity contribution in [2.24, 2.45) is 11.1 Å². The molecule has 0 radical (unpaired) electrons. The quantitative estimate of drug-likeness (QED) is 0.653. The van der Waals surface area contributed by atoms with Gasteiger partial charge in [-0.2, -0.15) is 0 Å². The van der Waals surface area contributed by atoms with Gasteiger partial charge >= 0.3 is 5.97 Å². The molecule has 0 aromatic carbocycles. The minimum absolute atomic E-state index is 0.0359. The molecule has 1 unspecified atom stereocenters. The molecule has 4 nitrogen and oxygen atoms in total. The van der Waals surface area contributed by atoms with Crippen molar-refractivity contribution in [3.05, 3.63) is 0 Å². The Morgan fingerprint density at radius 2 is 1.93 bits per heavy atom. The average Bonchev–Trinajstić information content (AvgIpc) is 2.12. The van der Waals surface area contributed by atoms with Crippen molar-refractivity contribution in [1.29, 1.82) is 0 Å². The third kappa shape index (κ3) is 3.47. The van der Waals surface area contributed by atoms with E-state index in [2.05, 4.69) is 0 Å². The Bertz CT molecular complexity index is 210. The molecule has 0 saturated carbocycles. The summed E-state index contributed by atoms with van der Waals surface area (Å²) in [7, 11) is 0. The van der Waals surface area contributed by atoms with Gasteiger partial charge in [-0.05, 0) is 27.2 Å². The molecular weight excluding hydrogens is 194 g/mol. The predicted octanol–water partition coefficient (Wildman–Crippen LogP) is 1.07. The van der Waals surface area contributed by atoms with Gasteiger partial charge in [0.25, 0.3) is 0 Å². The maximum Gasteiger partial charge on any atom is 0.313 e. The molecule has 0 aliphatic heterocycles. The average molecular weight is 217 g/mol. The number of aliphatic hydroxyl groups is 1. The van der Waals surface area contributed by atoms with Crippen LogP contribution in [0.15, 0.2) is 0 Å². The van der Waals surface area contributed by atoms with Crippen LogP contribution < -0.4 is 5.73 Å². The van der Waals surface area contributed by atoms with Gasteiger partial charge in [-0.15, -0.1) is 0 Å². The SMILES string of the molecule is CCCC(C)(C(=O)OCCO)C(C)(C)N. The van der Waals surface area contributed by atoms with Crippen molar-refractivity contribution in [1.82, 2.24) is 0 Å². The van der Waals surface area contributed by atoms with Crippen molar-refractivity contribution < 1.29 is 14.6 Å². The molecule has 1 atom stereocenters. The lowest BCUT2D eigenvalue weighted by molar-refractivity contribution is -0.160. The topological polar surface area (TPSA) is 72.5 Å². The highest BCUT2D eigenvalue weighted by Crippen LogP contribution is 2.35. The van der Waals surface area contributed by atoms with Crippen molar-refractivity contribution in [2.45, 2.75) is 46.1 Å². The van der Waals surface area contributed by atoms with E-state index in [-0.39, 0.29) is 19.2 Å². The van der Waals surface area contributed by atoms with Gasteiger partial charge in [0, 0.05) is 5.54 Å². The van der Waals surface area contributed by atoms with Crippen LogP contribution in [0.3, 0.4) is 0 Å². The fourth-order valence-corrected chi connectivity index (χ4v) is 1.48. The highest BCUT2D eigenvalue weighted by atomic mass is 16.5. The van der Waals surface area contributed by atoms with E-state index >= 15 is 0 Å². The third-order valence-electron chi connectivity index (χ3n) is 2.95. The summed E-state index contributed by atoms with van der Waals surface area (Å²) in [5.74, 6) is -0.328. The maximum absolute atomic E-state index is 11.8. The van der Waals surface area contributed by atoms with Gasteiger partial charge < -0.3 is 15.6 Å². The lowest BCUT2D eigenvalue weighted by Crippen LogP contribution is -2.54.